The first kappa shape index (κ1) is 15.3. The number of carbonyl (C=O) groups excluding carboxylic acids is 1. The smallest absolute Gasteiger partial charge is 0.259 e. The molecule has 1 aliphatic heterocycles. The van der Waals surface area contributed by atoms with Crippen molar-refractivity contribution >= 4 is 11.7 Å². The number of nitrogens with zero attached hydrogens (tertiary/aromatic N) is 4. The van der Waals surface area contributed by atoms with Crippen molar-refractivity contribution in [2.24, 2.45) is 0 Å². The fourth-order valence-electron chi connectivity index (χ4n) is 2.56. The van der Waals surface area contributed by atoms with Crippen LogP contribution in [0.4, 0.5) is 14.6 Å². The van der Waals surface area contributed by atoms with Gasteiger partial charge < -0.3 is 9.80 Å². The number of rotatable bonds is 2. The van der Waals surface area contributed by atoms with E-state index in [1.54, 1.807) is 0 Å². The van der Waals surface area contributed by atoms with E-state index in [-0.39, 0.29) is 0 Å². The summed E-state index contributed by atoms with van der Waals surface area (Å²) in [7, 11) is 0. The molecule has 0 spiro atoms. The summed E-state index contributed by atoms with van der Waals surface area (Å²) in [6.07, 6.45) is 0. The molecule has 1 saturated heterocycles. The SMILES string of the molecule is Cc1ccc(N2CCN(C(=O)c3c(F)cccc3F)CC2)nn1. The highest BCUT2D eigenvalue weighted by atomic mass is 19.1. The molecule has 0 bridgehead atoms. The Morgan fingerprint density at radius 3 is 2.22 bits per heavy atom. The first-order chi connectivity index (χ1) is 11.1. The van der Waals surface area contributed by atoms with Crippen molar-refractivity contribution in [2.45, 2.75) is 6.92 Å². The van der Waals surface area contributed by atoms with Gasteiger partial charge in [0.05, 0.1) is 5.69 Å². The number of hydrogen-bond donors (Lipinski definition) is 0. The molecule has 3 rings (SSSR count). The summed E-state index contributed by atoms with van der Waals surface area (Å²) in [6, 6.07) is 7.17. The van der Waals surface area contributed by atoms with Crippen molar-refractivity contribution < 1.29 is 13.6 Å². The number of benzene rings is 1. The van der Waals surface area contributed by atoms with E-state index in [1.165, 1.54) is 11.0 Å². The van der Waals surface area contributed by atoms with Gasteiger partial charge >= 0.3 is 0 Å². The van der Waals surface area contributed by atoms with Gasteiger partial charge in [0.25, 0.3) is 5.91 Å². The van der Waals surface area contributed by atoms with E-state index in [9.17, 15) is 13.6 Å². The van der Waals surface area contributed by atoms with Crippen LogP contribution in [-0.4, -0.2) is 47.2 Å². The standard InChI is InChI=1S/C16H16F2N4O/c1-11-5-6-14(20-19-11)21-7-9-22(10-8-21)16(23)15-12(17)3-2-4-13(15)18/h2-6H,7-10H2,1H3. The molecule has 1 aromatic carbocycles. The molecule has 0 radical (unpaired) electrons. The van der Waals surface area contributed by atoms with Gasteiger partial charge in [0, 0.05) is 26.2 Å². The zero-order valence-electron chi connectivity index (χ0n) is 12.7. The van der Waals surface area contributed by atoms with Crippen LogP contribution >= 0.6 is 0 Å². The first-order valence-electron chi connectivity index (χ1n) is 7.35. The highest BCUT2D eigenvalue weighted by Gasteiger charge is 2.26. The molecule has 1 fully saturated rings. The number of anilines is 1. The average molecular weight is 318 g/mol. The topological polar surface area (TPSA) is 49.3 Å². The second-order valence-electron chi connectivity index (χ2n) is 5.41. The van der Waals surface area contributed by atoms with E-state index < -0.39 is 23.1 Å². The summed E-state index contributed by atoms with van der Waals surface area (Å²) in [6.45, 7) is 3.69. The molecule has 5 nitrogen and oxygen atoms in total. The van der Waals surface area contributed by atoms with Gasteiger partial charge in [-0.2, -0.15) is 5.10 Å². The predicted octanol–water partition coefficient (Wildman–Crippen LogP) is 2.03. The van der Waals surface area contributed by atoms with Crippen molar-refractivity contribution in [3.8, 4) is 0 Å². The van der Waals surface area contributed by atoms with Gasteiger partial charge in [-0.05, 0) is 31.2 Å². The molecule has 2 aromatic rings. The number of amides is 1. The second kappa shape index (κ2) is 6.28. The van der Waals surface area contributed by atoms with Crippen molar-refractivity contribution in [1.29, 1.82) is 0 Å². The summed E-state index contributed by atoms with van der Waals surface area (Å²) in [5.74, 6) is -1.54. The largest absolute Gasteiger partial charge is 0.352 e. The zero-order valence-corrected chi connectivity index (χ0v) is 12.7. The molecule has 0 saturated carbocycles. The van der Waals surface area contributed by atoms with Crippen LogP contribution in [0.15, 0.2) is 30.3 Å². The Morgan fingerprint density at radius 2 is 1.65 bits per heavy atom. The van der Waals surface area contributed by atoms with Gasteiger partial charge in [0.1, 0.15) is 17.2 Å². The Hall–Kier alpha value is -2.57. The van der Waals surface area contributed by atoms with Gasteiger partial charge in [-0.15, -0.1) is 5.10 Å². The third kappa shape index (κ3) is 3.13. The minimum Gasteiger partial charge on any atom is -0.352 e. The van der Waals surface area contributed by atoms with Crippen molar-refractivity contribution in [2.75, 3.05) is 31.1 Å². The van der Waals surface area contributed by atoms with Crippen LogP contribution < -0.4 is 4.90 Å². The lowest BCUT2D eigenvalue weighted by molar-refractivity contribution is 0.0736. The Morgan fingerprint density at radius 1 is 1.00 bits per heavy atom. The second-order valence-corrected chi connectivity index (χ2v) is 5.41. The van der Waals surface area contributed by atoms with Crippen molar-refractivity contribution in [1.82, 2.24) is 15.1 Å². The minimum atomic E-state index is -0.832. The van der Waals surface area contributed by atoms with Crippen LogP contribution in [0.3, 0.4) is 0 Å². The zero-order chi connectivity index (χ0) is 16.4. The van der Waals surface area contributed by atoms with Crippen LogP contribution in [0.5, 0.6) is 0 Å². The maximum atomic E-state index is 13.7. The lowest BCUT2D eigenvalue weighted by Gasteiger charge is -2.35. The molecule has 7 heteroatoms. The maximum Gasteiger partial charge on any atom is 0.259 e. The number of halogens is 2. The third-order valence-corrected chi connectivity index (χ3v) is 3.85. The lowest BCUT2D eigenvalue weighted by atomic mass is 10.1. The average Bonchev–Trinajstić information content (AvgIpc) is 2.55. The Balaban J connectivity index is 1.69. The van der Waals surface area contributed by atoms with Crippen LogP contribution in [0.25, 0.3) is 0 Å². The lowest BCUT2D eigenvalue weighted by Crippen LogP contribution is -2.49. The molecular formula is C16H16F2N4O. The van der Waals surface area contributed by atoms with E-state index in [4.69, 9.17) is 0 Å². The van der Waals surface area contributed by atoms with E-state index in [0.29, 0.717) is 26.2 Å². The molecule has 0 N–H and O–H groups in total. The van der Waals surface area contributed by atoms with Gasteiger partial charge in [-0.1, -0.05) is 6.07 Å². The Labute approximate surface area is 132 Å². The fourth-order valence-corrected chi connectivity index (χ4v) is 2.56. The Bertz CT molecular complexity index is 692. The maximum absolute atomic E-state index is 13.7. The first-order valence-corrected chi connectivity index (χ1v) is 7.35. The van der Waals surface area contributed by atoms with Crippen molar-refractivity contribution in [3.63, 3.8) is 0 Å². The molecule has 0 aliphatic carbocycles. The monoisotopic (exact) mass is 318 g/mol. The summed E-state index contributed by atoms with van der Waals surface area (Å²) in [4.78, 5) is 15.8. The fraction of sp³-hybridized carbons (Fsp3) is 0.312. The quantitative estimate of drug-likeness (QED) is 0.850. The summed E-state index contributed by atoms with van der Waals surface area (Å²) in [5.41, 5.74) is 0.341. The highest BCUT2D eigenvalue weighted by molar-refractivity contribution is 5.95. The molecule has 0 unspecified atom stereocenters. The van der Waals surface area contributed by atoms with Gasteiger partial charge in [0.15, 0.2) is 5.82 Å². The Kier molecular flexibility index (Phi) is 4.18. The molecular weight excluding hydrogens is 302 g/mol. The highest BCUT2D eigenvalue weighted by Crippen LogP contribution is 2.18. The molecule has 1 aromatic heterocycles. The van der Waals surface area contributed by atoms with Crippen LogP contribution in [-0.2, 0) is 0 Å². The molecule has 0 atom stereocenters. The number of carbonyl (C=O) groups is 1. The molecule has 1 aliphatic rings. The summed E-state index contributed by atoms with van der Waals surface area (Å²) in [5, 5.41) is 8.12. The number of aryl methyl sites for hydroxylation is 1. The predicted molar refractivity (Wildman–Crippen MR) is 81.2 cm³/mol. The molecule has 120 valence electrons. The van der Waals surface area contributed by atoms with Crippen LogP contribution in [0.2, 0.25) is 0 Å². The number of piperazine rings is 1. The molecule has 23 heavy (non-hydrogen) atoms. The van der Waals surface area contributed by atoms with Crippen LogP contribution in [0.1, 0.15) is 16.1 Å². The van der Waals surface area contributed by atoms with Crippen LogP contribution in [0, 0.1) is 18.6 Å². The number of aromatic nitrogens is 2. The van der Waals surface area contributed by atoms with E-state index >= 15 is 0 Å². The van der Waals surface area contributed by atoms with Gasteiger partial charge in [-0.3, -0.25) is 4.79 Å². The number of hydrogen-bond acceptors (Lipinski definition) is 4. The van der Waals surface area contributed by atoms with Crippen molar-refractivity contribution in [3.05, 3.63) is 53.2 Å². The minimum absolute atomic E-state index is 0.377. The summed E-state index contributed by atoms with van der Waals surface area (Å²) >= 11 is 0. The normalized spacial score (nSPS) is 14.9. The van der Waals surface area contributed by atoms with E-state index in [2.05, 4.69) is 10.2 Å². The summed E-state index contributed by atoms with van der Waals surface area (Å²) < 4.78 is 27.4. The molecule has 1 amide bonds. The third-order valence-electron chi connectivity index (χ3n) is 3.85. The van der Waals surface area contributed by atoms with E-state index in [0.717, 1.165) is 23.6 Å². The van der Waals surface area contributed by atoms with Gasteiger partial charge in [0.2, 0.25) is 0 Å². The van der Waals surface area contributed by atoms with E-state index in [1.807, 2.05) is 24.0 Å². The molecule has 2 heterocycles. The van der Waals surface area contributed by atoms with Gasteiger partial charge in [-0.25, -0.2) is 8.78 Å².